The third-order valence-corrected chi connectivity index (χ3v) is 2.13. The molecule has 0 saturated heterocycles. The summed E-state index contributed by atoms with van der Waals surface area (Å²) in [6.45, 7) is 0.0877. The van der Waals surface area contributed by atoms with Crippen molar-refractivity contribution in [1.29, 1.82) is 0 Å². The fraction of sp³-hybridized carbons (Fsp3) is 0.500. The maximum Gasteiger partial charge on any atom is 0.406 e. The first kappa shape index (κ1) is 13.9. The molecule has 0 aliphatic carbocycles. The smallest absolute Gasteiger partial charge is 0.406 e. The molecule has 0 bridgehead atoms. The highest BCUT2D eigenvalue weighted by molar-refractivity contribution is 6.18. The number of alkyl halides is 4. The van der Waals surface area contributed by atoms with Crippen LogP contribution in [-0.4, -0.2) is 36.0 Å². The summed E-state index contributed by atoms with van der Waals surface area (Å²) in [7, 11) is 0. The van der Waals surface area contributed by atoms with Crippen molar-refractivity contribution in [3.05, 3.63) is 23.7 Å². The first-order valence-corrected chi connectivity index (χ1v) is 5.35. The predicted octanol–water partition coefficient (Wildman–Crippen LogP) is 2.83. The molecule has 0 radical (unpaired) electrons. The standard InChI is InChI=1S/C10H11ClF3NO2/c1-7-2-3-8(17-7)9(16)15(5-4-11)6-10(12,13)14/h2-3H,4-6H2,1H3. The molecule has 0 saturated carbocycles. The molecule has 1 aromatic rings. The van der Waals surface area contributed by atoms with Crippen LogP contribution < -0.4 is 0 Å². The second kappa shape index (κ2) is 5.44. The Kier molecular flexibility index (Phi) is 4.45. The van der Waals surface area contributed by atoms with Gasteiger partial charge in [-0.15, -0.1) is 11.6 Å². The summed E-state index contributed by atoms with van der Waals surface area (Å²) in [5.74, 6) is -0.527. The Hall–Kier alpha value is -1.17. The fourth-order valence-electron chi connectivity index (χ4n) is 1.28. The number of hydrogen-bond acceptors (Lipinski definition) is 2. The number of hydrogen-bond donors (Lipinski definition) is 0. The lowest BCUT2D eigenvalue weighted by atomic mass is 10.3. The van der Waals surface area contributed by atoms with Crippen LogP contribution in [0.2, 0.25) is 0 Å². The SMILES string of the molecule is Cc1ccc(C(=O)N(CCCl)CC(F)(F)F)o1. The number of carbonyl (C=O) groups is 1. The van der Waals surface area contributed by atoms with Crippen LogP contribution in [0.3, 0.4) is 0 Å². The molecule has 3 nitrogen and oxygen atoms in total. The number of amides is 1. The van der Waals surface area contributed by atoms with Crippen LogP contribution in [0.4, 0.5) is 13.2 Å². The molecule has 17 heavy (non-hydrogen) atoms. The highest BCUT2D eigenvalue weighted by atomic mass is 35.5. The molecule has 0 spiro atoms. The van der Waals surface area contributed by atoms with Gasteiger partial charge in [-0.3, -0.25) is 4.79 Å². The minimum Gasteiger partial charge on any atom is -0.456 e. The van der Waals surface area contributed by atoms with Gasteiger partial charge in [0.05, 0.1) is 0 Å². The van der Waals surface area contributed by atoms with Crippen molar-refractivity contribution in [1.82, 2.24) is 4.90 Å². The molecule has 1 amide bonds. The van der Waals surface area contributed by atoms with Gasteiger partial charge in [-0.2, -0.15) is 13.2 Å². The summed E-state index contributed by atoms with van der Waals surface area (Å²) in [6, 6.07) is 2.86. The van der Waals surface area contributed by atoms with Crippen molar-refractivity contribution in [2.45, 2.75) is 13.1 Å². The number of carbonyl (C=O) groups excluding carboxylic acids is 1. The molecule has 1 heterocycles. The summed E-state index contributed by atoms with van der Waals surface area (Å²) >= 11 is 5.37. The maximum absolute atomic E-state index is 12.2. The number of rotatable bonds is 4. The summed E-state index contributed by atoms with van der Waals surface area (Å²) in [5.41, 5.74) is 0. The Morgan fingerprint density at radius 3 is 2.53 bits per heavy atom. The summed E-state index contributed by atoms with van der Waals surface area (Å²) in [6.07, 6.45) is -4.46. The van der Waals surface area contributed by atoms with Crippen molar-refractivity contribution in [3.8, 4) is 0 Å². The molecule has 0 aliphatic rings. The number of aryl methyl sites for hydroxylation is 1. The molecule has 7 heteroatoms. The maximum atomic E-state index is 12.2. The largest absolute Gasteiger partial charge is 0.456 e. The van der Waals surface area contributed by atoms with Gasteiger partial charge < -0.3 is 9.32 Å². The molecule has 0 N–H and O–H groups in total. The van der Waals surface area contributed by atoms with Crippen molar-refractivity contribution in [2.24, 2.45) is 0 Å². The van der Waals surface area contributed by atoms with E-state index in [1.54, 1.807) is 6.92 Å². The van der Waals surface area contributed by atoms with E-state index < -0.39 is 18.6 Å². The predicted molar refractivity (Wildman–Crippen MR) is 56.1 cm³/mol. The zero-order chi connectivity index (χ0) is 13.1. The van der Waals surface area contributed by atoms with Crippen LogP contribution in [-0.2, 0) is 0 Å². The zero-order valence-electron chi connectivity index (χ0n) is 9.05. The number of nitrogens with zero attached hydrogens (tertiary/aromatic N) is 1. The van der Waals surface area contributed by atoms with Crippen LogP contribution in [0.15, 0.2) is 16.5 Å². The monoisotopic (exact) mass is 269 g/mol. The Morgan fingerprint density at radius 1 is 1.47 bits per heavy atom. The highest BCUT2D eigenvalue weighted by Crippen LogP contribution is 2.18. The van der Waals surface area contributed by atoms with Crippen molar-refractivity contribution >= 4 is 17.5 Å². The number of furan rings is 1. The van der Waals surface area contributed by atoms with E-state index in [0.717, 1.165) is 0 Å². The Bertz CT molecular complexity index is 389. The van der Waals surface area contributed by atoms with Crippen molar-refractivity contribution in [3.63, 3.8) is 0 Å². The molecule has 0 aliphatic heterocycles. The van der Waals surface area contributed by atoms with E-state index in [1.165, 1.54) is 12.1 Å². The summed E-state index contributed by atoms with van der Waals surface area (Å²) < 4.78 is 41.7. The fourth-order valence-corrected chi connectivity index (χ4v) is 1.48. The number of halogens is 4. The lowest BCUT2D eigenvalue weighted by Gasteiger charge is -2.21. The van der Waals surface area contributed by atoms with Crippen molar-refractivity contribution in [2.75, 3.05) is 19.0 Å². The molecule has 0 aromatic carbocycles. The first-order chi connectivity index (χ1) is 7.83. The normalized spacial score (nSPS) is 11.6. The van der Waals surface area contributed by atoms with Gasteiger partial charge in [-0.1, -0.05) is 0 Å². The minimum absolute atomic E-state index is 0.0679. The highest BCUT2D eigenvalue weighted by Gasteiger charge is 2.33. The Morgan fingerprint density at radius 2 is 2.12 bits per heavy atom. The van der Waals surface area contributed by atoms with Crippen LogP contribution >= 0.6 is 11.6 Å². The lowest BCUT2D eigenvalue weighted by molar-refractivity contribution is -0.140. The van der Waals surface area contributed by atoms with E-state index in [-0.39, 0.29) is 18.2 Å². The molecule has 0 unspecified atom stereocenters. The van der Waals surface area contributed by atoms with Crippen molar-refractivity contribution < 1.29 is 22.4 Å². The van der Waals surface area contributed by atoms with Gasteiger partial charge in [0.15, 0.2) is 5.76 Å². The van der Waals surface area contributed by atoms with Gasteiger partial charge in [0, 0.05) is 12.4 Å². The topological polar surface area (TPSA) is 33.5 Å². The van der Waals surface area contributed by atoms with Gasteiger partial charge in [-0.25, -0.2) is 0 Å². The average molecular weight is 270 g/mol. The van der Waals surface area contributed by atoms with Gasteiger partial charge in [0.25, 0.3) is 5.91 Å². The second-order valence-electron chi connectivity index (χ2n) is 3.44. The van der Waals surface area contributed by atoms with Gasteiger partial charge >= 0.3 is 6.18 Å². The Balaban J connectivity index is 2.80. The molecule has 1 rings (SSSR count). The van der Waals surface area contributed by atoms with Gasteiger partial charge in [-0.05, 0) is 19.1 Å². The van der Waals surface area contributed by atoms with Crippen LogP contribution in [0.5, 0.6) is 0 Å². The van der Waals surface area contributed by atoms with E-state index >= 15 is 0 Å². The van der Waals surface area contributed by atoms with E-state index in [1.807, 2.05) is 0 Å². The van der Waals surface area contributed by atoms with Crippen LogP contribution in [0.25, 0.3) is 0 Å². The second-order valence-corrected chi connectivity index (χ2v) is 3.82. The summed E-state index contributed by atoms with van der Waals surface area (Å²) in [5, 5.41) is 0. The average Bonchev–Trinajstić information content (AvgIpc) is 2.61. The molecule has 0 atom stereocenters. The lowest BCUT2D eigenvalue weighted by Crippen LogP contribution is -2.40. The van der Waals surface area contributed by atoms with E-state index in [2.05, 4.69) is 0 Å². The van der Waals surface area contributed by atoms with Crippen LogP contribution in [0.1, 0.15) is 16.3 Å². The van der Waals surface area contributed by atoms with Crippen LogP contribution in [0, 0.1) is 6.92 Å². The van der Waals surface area contributed by atoms with Gasteiger partial charge in [0.1, 0.15) is 12.3 Å². The Labute approximate surface area is 101 Å². The molecule has 96 valence electrons. The third kappa shape index (κ3) is 4.30. The molecular formula is C10H11ClF3NO2. The van der Waals surface area contributed by atoms with Gasteiger partial charge in [0.2, 0.25) is 0 Å². The molecule has 0 fully saturated rings. The van der Waals surface area contributed by atoms with E-state index in [0.29, 0.717) is 10.7 Å². The third-order valence-electron chi connectivity index (χ3n) is 1.96. The first-order valence-electron chi connectivity index (χ1n) is 4.82. The van der Waals surface area contributed by atoms with E-state index in [4.69, 9.17) is 16.0 Å². The minimum atomic E-state index is -4.46. The molecule has 1 aromatic heterocycles. The quantitative estimate of drug-likeness (QED) is 0.788. The van der Waals surface area contributed by atoms with E-state index in [9.17, 15) is 18.0 Å². The summed E-state index contributed by atoms with van der Waals surface area (Å²) in [4.78, 5) is 12.3. The zero-order valence-corrected chi connectivity index (χ0v) is 9.81. The molecular weight excluding hydrogens is 259 g/mol.